The Morgan fingerprint density at radius 3 is 2.16 bits per heavy atom. The van der Waals surface area contributed by atoms with Crippen molar-refractivity contribution in [1.82, 2.24) is 4.90 Å². The molecule has 0 amide bonds. The lowest BCUT2D eigenvalue weighted by Crippen LogP contribution is -2.72. The third-order valence-corrected chi connectivity index (χ3v) is 5.56. The van der Waals surface area contributed by atoms with Gasteiger partial charge in [-0.1, -0.05) is 60.7 Å². The lowest BCUT2D eigenvalue weighted by atomic mass is 9.92. The maximum Gasteiger partial charge on any atom is 0.482 e. The smallest absolute Gasteiger partial charge is 0.377 e. The van der Waals surface area contributed by atoms with Gasteiger partial charge in [-0.2, -0.15) is 0 Å². The zero-order valence-corrected chi connectivity index (χ0v) is 17.1. The third kappa shape index (κ3) is 5.50. The molecule has 0 N–H and O–H groups in total. The molecule has 164 valence electrons. The number of hydrogen-bond acceptors (Lipinski definition) is 7. The van der Waals surface area contributed by atoms with E-state index in [4.69, 9.17) is 4.74 Å². The van der Waals surface area contributed by atoms with Crippen LogP contribution in [0.5, 0.6) is 0 Å². The summed E-state index contributed by atoms with van der Waals surface area (Å²) in [7, 11) is 0. The van der Waals surface area contributed by atoms with E-state index in [9.17, 15) is 25.0 Å². The highest BCUT2D eigenvalue weighted by molar-refractivity contribution is 5.96. The van der Waals surface area contributed by atoms with Gasteiger partial charge in [-0.3, -0.25) is 29.9 Å². The molecule has 9 nitrogen and oxygen atoms in total. The van der Waals surface area contributed by atoms with Crippen LogP contribution in [0, 0.1) is 20.2 Å². The summed E-state index contributed by atoms with van der Waals surface area (Å²) in [5.74, 6) is -0.0875. The highest BCUT2D eigenvalue weighted by Gasteiger charge is 2.67. The van der Waals surface area contributed by atoms with Crippen molar-refractivity contribution in [2.24, 2.45) is 0 Å². The number of rotatable bonds is 12. The Morgan fingerprint density at radius 2 is 1.58 bits per heavy atom. The van der Waals surface area contributed by atoms with Gasteiger partial charge in [-0.25, -0.2) is 0 Å². The number of ether oxygens (including phenoxy) is 1. The number of Topliss-reactive ketones (excluding diaryl/α,β-unsaturated/α-hetero) is 1. The monoisotopic (exact) mass is 427 g/mol. The van der Waals surface area contributed by atoms with Gasteiger partial charge in [-0.05, 0) is 18.4 Å². The van der Waals surface area contributed by atoms with Crippen molar-refractivity contribution in [2.75, 3.05) is 19.7 Å². The molecule has 0 unspecified atom stereocenters. The normalized spacial score (nSPS) is 16.3. The van der Waals surface area contributed by atoms with Gasteiger partial charge >= 0.3 is 5.66 Å². The van der Waals surface area contributed by atoms with E-state index in [0.717, 1.165) is 5.56 Å². The van der Waals surface area contributed by atoms with Crippen molar-refractivity contribution in [3.63, 3.8) is 0 Å². The zero-order chi connectivity index (χ0) is 22.3. The minimum atomic E-state index is -2.18. The lowest BCUT2D eigenvalue weighted by Gasteiger charge is -2.41. The quantitative estimate of drug-likeness (QED) is 0.168. The fraction of sp³-hybridized carbons (Fsp3) is 0.409. The second-order valence-corrected chi connectivity index (χ2v) is 7.73. The molecule has 0 aliphatic carbocycles. The largest absolute Gasteiger partial charge is 0.482 e. The first-order valence-electron chi connectivity index (χ1n) is 10.2. The number of ketones is 1. The van der Waals surface area contributed by atoms with Gasteiger partial charge in [0.15, 0.2) is 5.78 Å². The maximum atomic E-state index is 12.7. The molecule has 1 atom stereocenters. The van der Waals surface area contributed by atoms with Crippen LogP contribution in [0.25, 0.3) is 0 Å². The average molecular weight is 427 g/mol. The summed E-state index contributed by atoms with van der Waals surface area (Å²) in [6.07, 6.45) is 1.34. The predicted molar refractivity (Wildman–Crippen MR) is 113 cm³/mol. The molecule has 0 spiro atoms. The van der Waals surface area contributed by atoms with E-state index in [1.807, 2.05) is 36.4 Å². The summed E-state index contributed by atoms with van der Waals surface area (Å²) in [4.78, 5) is 35.2. The fourth-order valence-corrected chi connectivity index (χ4v) is 3.71. The Labute approximate surface area is 179 Å². The van der Waals surface area contributed by atoms with Crippen LogP contribution in [0.1, 0.15) is 35.2 Å². The number of carbonyl (C=O) groups is 1. The van der Waals surface area contributed by atoms with Gasteiger partial charge < -0.3 is 4.74 Å². The number of nitrogens with zero attached hydrogens (tertiary/aromatic N) is 3. The molecule has 3 rings (SSSR count). The lowest BCUT2D eigenvalue weighted by molar-refractivity contribution is -0.811. The molecule has 9 heteroatoms. The molecule has 2 aromatic rings. The van der Waals surface area contributed by atoms with E-state index in [1.54, 1.807) is 29.2 Å². The van der Waals surface area contributed by atoms with E-state index in [-0.39, 0.29) is 31.3 Å². The topological polar surface area (TPSA) is 116 Å². The Morgan fingerprint density at radius 1 is 1.00 bits per heavy atom. The van der Waals surface area contributed by atoms with E-state index in [2.05, 4.69) is 0 Å². The van der Waals surface area contributed by atoms with Gasteiger partial charge in [0.25, 0.3) is 0 Å². The molecule has 0 aromatic heterocycles. The van der Waals surface area contributed by atoms with E-state index in [1.165, 1.54) is 0 Å². The van der Waals surface area contributed by atoms with Crippen molar-refractivity contribution < 1.29 is 19.4 Å². The summed E-state index contributed by atoms with van der Waals surface area (Å²) in [5.41, 5.74) is -0.566. The molecule has 0 bridgehead atoms. The third-order valence-electron chi connectivity index (χ3n) is 5.56. The summed E-state index contributed by atoms with van der Waals surface area (Å²) < 4.78 is 5.69. The minimum Gasteiger partial charge on any atom is -0.377 e. The molecule has 2 aromatic carbocycles. The first-order valence-corrected chi connectivity index (χ1v) is 10.2. The minimum absolute atomic E-state index is 0.0875. The molecular weight excluding hydrogens is 402 g/mol. The van der Waals surface area contributed by atoms with E-state index < -0.39 is 15.5 Å². The van der Waals surface area contributed by atoms with Crippen molar-refractivity contribution >= 4 is 5.78 Å². The van der Waals surface area contributed by atoms with E-state index in [0.29, 0.717) is 31.6 Å². The fourth-order valence-electron chi connectivity index (χ4n) is 3.71. The van der Waals surface area contributed by atoms with Crippen LogP contribution in [-0.4, -0.2) is 51.9 Å². The summed E-state index contributed by atoms with van der Waals surface area (Å²) >= 11 is 0. The summed E-state index contributed by atoms with van der Waals surface area (Å²) in [6, 6.07) is 18.2. The van der Waals surface area contributed by atoms with Gasteiger partial charge in [-0.15, -0.1) is 0 Å². The number of hydrogen-bond donors (Lipinski definition) is 0. The van der Waals surface area contributed by atoms with Crippen LogP contribution in [0.4, 0.5) is 0 Å². The number of benzene rings is 2. The molecule has 1 fully saturated rings. The number of nitro groups is 2. The van der Waals surface area contributed by atoms with E-state index >= 15 is 0 Å². The molecule has 1 heterocycles. The Kier molecular flexibility index (Phi) is 7.43. The second-order valence-electron chi connectivity index (χ2n) is 7.73. The first-order chi connectivity index (χ1) is 14.9. The van der Waals surface area contributed by atoms with Crippen LogP contribution in [0.3, 0.4) is 0 Å². The Balaban J connectivity index is 1.57. The first kappa shape index (κ1) is 22.5. The molecule has 0 radical (unpaired) electrons. The maximum absolute atomic E-state index is 12.7. The van der Waals surface area contributed by atoms with Crippen LogP contribution in [0.2, 0.25) is 0 Å². The Bertz CT molecular complexity index is 884. The van der Waals surface area contributed by atoms with Gasteiger partial charge in [0.1, 0.15) is 22.9 Å². The van der Waals surface area contributed by atoms with Crippen molar-refractivity contribution in [1.29, 1.82) is 0 Å². The average Bonchev–Trinajstić information content (AvgIpc) is 2.73. The summed E-state index contributed by atoms with van der Waals surface area (Å²) in [6.45, 7) is 0.341. The molecular formula is C22H25N3O6. The van der Waals surface area contributed by atoms with Gasteiger partial charge in [0.2, 0.25) is 0 Å². The second kappa shape index (κ2) is 10.2. The predicted octanol–water partition coefficient (Wildman–Crippen LogP) is 3.19. The summed E-state index contributed by atoms with van der Waals surface area (Å²) in [5, 5.41) is 22.5. The van der Waals surface area contributed by atoms with Crippen molar-refractivity contribution in [2.45, 2.75) is 37.6 Å². The SMILES string of the molecule is O=C(C[C@@H](CCCOCc1ccccc1)N1CC([N+](=O)[O-])([N+](=O)[O-])C1)c1ccccc1. The van der Waals surface area contributed by atoms with Gasteiger partial charge in [0, 0.05) is 24.6 Å². The number of likely N-dealkylation sites (tertiary alicyclic amines) is 1. The van der Waals surface area contributed by atoms with Crippen LogP contribution in [-0.2, 0) is 11.3 Å². The van der Waals surface area contributed by atoms with Crippen molar-refractivity contribution in [3.8, 4) is 0 Å². The van der Waals surface area contributed by atoms with Crippen LogP contribution < -0.4 is 0 Å². The molecule has 1 saturated heterocycles. The molecule has 1 aliphatic rings. The molecule has 1 aliphatic heterocycles. The highest BCUT2D eigenvalue weighted by atomic mass is 16.7. The Hall–Kier alpha value is -3.17. The molecule has 0 saturated carbocycles. The van der Waals surface area contributed by atoms with Crippen LogP contribution in [0.15, 0.2) is 60.7 Å². The van der Waals surface area contributed by atoms with Crippen molar-refractivity contribution in [3.05, 3.63) is 92.0 Å². The van der Waals surface area contributed by atoms with Gasteiger partial charge in [0.05, 0.1) is 6.61 Å². The highest BCUT2D eigenvalue weighted by Crippen LogP contribution is 2.30. The molecule has 31 heavy (non-hydrogen) atoms. The van der Waals surface area contributed by atoms with Crippen LogP contribution >= 0.6 is 0 Å². The zero-order valence-electron chi connectivity index (χ0n) is 17.1. The number of carbonyl (C=O) groups excluding carboxylic acids is 1. The standard InChI is InChI=1S/C22H25N3O6/c26-21(19-10-5-2-6-11-19)14-20(23-16-22(17-23,24(27)28)25(29)30)12-7-13-31-15-18-8-3-1-4-9-18/h1-6,8-11,20H,7,12-17H2/t20-/m1/s1.